The molecular formula is C11H9ClFN3O3S. The largest absolute Gasteiger partial charge is 0.392 e. The maximum Gasteiger partial charge on any atom is 0.267 e. The van der Waals surface area contributed by atoms with Crippen LogP contribution in [0.2, 0.25) is 5.02 Å². The molecule has 0 fully saturated rings. The van der Waals surface area contributed by atoms with Crippen LogP contribution in [0.15, 0.2) is 35.5 Å². The Bertz CT molecular complexity index is 725. The highest BCUT2D eigenvalue weighted by Gasteiger charge is 2.23. The van der Waals surface area contributed by atoms with Gasteiger partial charge in [-0.3, -0.25) is 0 Å². The average Bonchev–Trinajstić information content (AvgIpc) is 2.41. The summed E-state index contributed by atoms with van der Waals surface area (Å²) in [5.41, 5.74) is -0.216. The fourth-order valence-corrected chi connectivity index (χ4v) is 2.87. The van der Waals surface area contributed by atoms with Crippen molar-refractivity contribution in [1.29, 1.82) is 0 Å². The van der Waals surface area contributed by atoms with Crippen LogP contribution in [0.4, 0.5) is 10.3 Å². The maximum atomic E-state index is 14.0. The summed E-state index contributed by atoms with van der Waals surface area (Å²) >= 11 is 5.71. The van der Waals surface area contributed by atoms with Gasteiger partial charge < -0.3 is 5.11 Å². The van der Waals surface area contributed by atoms with Gasteiger partial charge in [0.25, 0.3) is 10.0 Å². The Kier molecular flexibility index (Phi) is 4.17. The molecule has 0 aliphatic carbocycles. The molecule has 2 aromatic rings. The van der Waals surface area contributed by atoms with Crippen molar-refractivity contribution >= 4 is 27.6 Å². The van der Waals surface area contributed by atoms with E-state index in [1.54, 1.807) is 0 Å². The van der Waals surface area contributed by atoms with Crippen LogP contribution in [0, 0.1) is 5.82 Å². The van der Waals surface area contributed by atoms with Gasteiger partial charge in [0.1, 0.15) is 10.7 Å². The number of benzene rings is 1. The quantitative estimate of drug-likeness (QED) is 0.893. The minimum Gasteiger partial charge on any atom is -0.392 e. The number of anilines is 1. The molecule has 0 saturated carbocycles. The van der Waals surface area contributed by atoms with Crippen molar-refractivity contribution in [2.24, 2.45) is 0 Å². The van der Waals surface area contributed by atoms with Gasteiger partial charge in [0, 0.05) is 23.0 Å². The van der Waals surface area contributed by atoms with E-state index in [1.165, 1.54) is 18.5 Å². The Labute approximate surface area is 119 Å². The van der Waals surface area contributed by atoms with Crippen LogP contribution in [0.5, 0.6) is 0 Å². The fourth-order valence-electron chi connectivity index (χ4n) is 1.46. The Morgan fingerprint density at radius 1 is 1.30 bits per heavy atom. The average molecular weight is 318 g/mol. The molecule has 0 unspecified atom stereocenters. The van der Waals surface area contributed by atoms with E-state index in [0.717, 1.165) is 12.1 Å². The molecule has 0 bridgehead atoms. The number of rotatable bonds is 4. The zero-order valence-corrected chi connectivity index (χ0v) is 11.5. The normalized spacial score (nSPS) is 11.3. The summed E-state index contributed by atoms with van der Waals surface area (Å²) in [6.07, 6.45) is 2.66. The van der Waals surface area contributed by atoms with Crippen molar-refractivity contribution in [2.45, 2.75) is 11.5 Å². The third-order valence-electron chi connectivity index (χ3n) is 2.33. The smallest absolute Gasteiger partial charge is 0.267 e. The van der Waals surface area contributed by atoms with Gasteiger partial charge in [-0.15, -0.1) is 0 Å². The summed E-state index contributed by atoms with van der Waals surface area (Å²) in [5, 5.41) is 8.97. The van der Waals surface area contributed by atoms with Crippen LogP contribution in [0.1, 0.15) is 5.56 Å². The lowest BCUT2D eigenvalue weighted by Crippen LogP contribution is -2.17. The van der Waals surface area contributed by atoms with Gasteiger partial charge in [0.05, 0.1) is 6.61 Å². The van der Waals surface area contributed by atoms with Gasteiger partial charge >= 0.3 is 0 Å². The van der Waals surface area contributed by atoms with E-state index in [-0.39, 0.29) is 16.5 Å². The van der Waals surface area contributed by atoms with Crippen LogP contribution in [0.25, 0.3) is 0 Å². The standard InChI is InChI=1S/C11H9ClFN3O3S/c12-8-4-7(6-17)10(13)9(5-8)20(18,19)16-11-14-2-1-3-15-11/h1-5,17H,6H2,(H,14,15,16). The van der Waals surface area contributed by atoms with E-state index < -0.39 is 27.3 Å². The summed E-state index contributed by atoms with van der Waals surface area (Å²) in [4.78, 5) is 6.68. The van der Waals surface area contributed by atoms with E-state index in [2.05, 4.69) is 9.97 Å². The summed E-state index contributed by atoms with van der Waals surface area (Å²) in [7, 11) is -4.24. The molecule has 0 atom stereocenters. The van der Waals surface area contributed by atoms with Crippen molar-refractivity contribution in [3.63, 3.8) is 0 Å². The van der Waals surface area contributed by atoms with E-state index in [4.69, 9.17) is 16.7 Å². The summed E-state index contributed by atoms with van der Waals surface area (Å²) in [5.74, 6) is -1.27. The summed E-state index contributed by atoms with van der Waals surface area (Å²) < 4.78 is 40.1. The number of nitrogens with zero attached hydrogens (tertiary/aromatic N) is 2. The predicted octanol–water partition coefficient (Wildman–Crippen LogP) is 1.56. The van der Waals surface area contributed by atoms with Gasteiger partial charge in [-0.2, -0.15) is 0 Å². The first-order chi connectivity index (χ1) is 9.44. The monoisotopic (exact) mass is 317 g/mol. The van der Waals surface area contributed by atoms with Crippen LogP contribution < -0.4 is 4.72 Å². The Hall–Kier alpha value is -1.77. The second-order valence-electron chi connectivity index (χ2n) is 3.71. The highest BCUT2D eigenvalue weighted by Crippen LogP contribution is 2.24. The summed E-state index contributed by atoms with van der Waals surface area (Å²) in [6.45, 7) is -0.670. The highest BCUT2D eigenvalue weighted by molar-refractivity contribution is 7.92. The number of aliphatic hydroxyl groups excluding tert-OH is 1. The molecule has 20 heavy (non-hydrogen) atoms. The second kappa shape index (κ2) is 5.70. The molecule has 6 nitrogen and oxygen atoms in total. The number of hydrogen-bond donors (Lipinski definition) is 2. The Balaban J connectivity index is 2.47. The van der Waals surface area contributed by atoms with Crippen molar-refractivity contribution in [1.82, 2.24) is 9.97 Å². The SMILES string of the molecule is O=S(=O)(Nc1ncccn1)c1cc(Cl)cc(CO)c1F. The first kappa shape index (κ1) is 14.6. The van der Waals surface area contributed by atoms with Crippen molar-refractivity contribution in [3.8, 4) is 0 Å². The molecule has 2 rings (SSSR count). The minimum atomic E-state index is -4.24. The Morgan fingerprint density at radius 3 is 2.55 bits per heavy atom. The predicted molar refractivity (Wildman–Crippen MR) is 70.2 cm³/mol. The first-order valence-electron chi connectivity index (χ1n) is 5.32. The molecule has 0 radical (unpaired) electrons. The lowest BCUT2D eigenvalue weighted by atomic mass is 10.2. The maximum absolute atomic E-state index is 14.0. The molecule has 0 spiro atoms. The Morgan fingerprint density at radius 2 is 1.95 bits per heavy atom. The van der Waals surface area contributed by atoms with Gasteiger partial charge in [0.2, 0.25) is 5.95 Å². The van der Waals surface area contributed by atoms with Crippen molar-refractivity contribution in [2.75, 3.05) is 4.72 Å². The number of sulfonamides is 1. The van der Waals surface area contributed by atoms with E-state index in [1.807, 2.05) is 4.72 Å². The molecular weight excluding hydrogens is 309 g/mol. The lowest BCUT2D eigenvalue weighted by Gasteiger charge is -2.10. The summed E-state index contributed by atoms with van der Waals surface area (Å²) in [6, 6.07) is 3.60. The second-order valence-corrected chi connectivity index (χ2v) is 5.80. The van der Waals surface area contributed by atoms with Gasteiger partial charge in [-0.1, -0.05) is 11.6 Å². The number of nitrogens with one attached hydrogen (secondary N) is 1. The van der Waals surface area contributed by atoms with Crippen LogP contribution in [-0.2, 0) is 16.6 Å². The molecule has 0 saturated heterocycles. The zero-order valence-electron chi connectivity index (χ0n) is 9.92. The molecule has 0 aliphatic heterocycles. The van der Waals surface area contributed by atoms with Crippen LogP contribution >= 0.6 is 11.6 Å². The van der Waals surface area contributed by atoms with Crippen molar-refractivity contribution in [3.05, 3.63) is 47.0 Å². The minimum absolute atomic E-state index is 0.00944. The number of hydrogen-bond acceptors (Lipinski definition) is 5. The molecule has 1 aromatic carbocycles. The molecule has 2 N–H and O–H groups in total. The van der Waals surface area contributed by atoms with Gasteiger partial charge in [-0.05, 0) is 18.2 Å². The molecule has 106 valence electrons. The lowest BCUT2D eigenvalue weighted by molar-refractivity contribution is 0.274. The molecule has 1 aromatic heterocycles. The van der Waals surface area contributed by atoms with Crippen LogP contribution in [-0.4, -0.2) is 23.5 Å². The van der Waals surface area contributed by atoms with E-state index >= 15 is 0 Å². The number of aromatic nitrogens is 2. The van der Waals surface area contributed by atoms with Crippen LogP contribution in [0.3, 0.4) is 0 Å². The van der Waals surface area contributed by atoms with Crippen molar-refractivity contribution < 1.29 is 17.9 Å². The first-order valence-corrected chi connectivity index (χ1v) is 7.19. The molecule has 9 heteroatoms. The van der Waals surface area contributed by atoms with E-state index in [9.17, 15) is 12.8 Å². The number of aliphatic hydroxyl groups is 1. The fraction of sp³-hybridized carbons (Fsp3) is 0.0909. The molecule has 0 amide bonds. The van der Waals surface area contributed by atoms with Gasteiger partial charge in [0.15, 0.2) is 0 Å². The zero-order chi connectivity index (χ0) is 14.8. The van der Waals surface area contributed by atoms with Gasteiger partial charge in [-0.25, -0.2) is 27.5 Å². The third kappa shape index (κ3) is 3.03. The topological polar surface area (TPSA) is 92.2 Å². The molecule has 1 heterocycles. The molecule has 0 aliphatic rings. The third-order valence-corrected chi connectivity index (χ3v) is 3.88. The number of halogens is 2. The highest BCUT2D eigenvalue weighted by atomic mass is 35.5. The van der Waals surface area contributed by atoms with E-state index in [0.29, 0.717) is 0 Å².